The van der Waals surface area contributed by atoms with Gasteiger partial charge in [-0.2, -0.15) is 0 Å². The minimum Gasteiger partial charge on any atom is -0.383 e. The molecule has 0 saturated carbocycles. The van der Waals surface area contributed by atoms with Crippen molar-refractivity contribution in [2.24, 2.45) is 0 Å². The Hall–Kier alpha value is -1.79. The van der Waals surface area contributed by atoms with E-state index in [0.717, 1.165) is 10.6 Å². The quantitative estimate of drug-likeness (QED) is 0.847. The summed E-state index contributed by atoms with van der Waals surface area (Å²) >= 11 is 1.49. The Bertz CT molecular complexity index is 598. The number of ether oxygens (including phenoxy) is 1. The highest BCUT2D eigenvalue weighted by Gasteiger charge is 2.19. The third-order valence-corrected chi connectivity index (χ3v) is 3.91. The molecule has 0 saturated heterocycles. The van der Waals surface area contributed by atoms with Crippen LogP contribution in [0.25, 0.3) is 10.6 Å². The Labute approximate surface area is 122 Å². The normalized spacial score (nSPS) is 10.6. The number of amides is 1. The van der Waals surface area contributed by atoms with E-state index in [4.69, 9.17) is 4.74 Å². The van der Waals surface area contributed by atoms with E-state index in [9.17, 15) is 4.79 Å². The summed E-state index contributed by atoms with van der Waals surface area (Å²) in [7, 11) is 3.38. The molecule has 0 aromatic carbocycles. The van der Waals surface area contributed by atoms with Gasteiger partial charge in [-0.1, -0.05) is 0 Å². The maximum atomic E-state index is 12.5. The number of rotatable bonds is 5. The van der Waals surface area contributed by atoms with Crippen LogP contribution in [0.3, 0.4) is 0 Å². The van der Waals surface area contributed by atoms with Gasteiger partial charge in [0.25, 0.3) is 5.91 Å². The first-order valence-electron chi connectivity index (χ1n) is 6.25. The lowest BCUT2D eigenvalue weighted by Gasteiger charge is -2.17. The summed E-state index contributed by atoms with van der Waals surface area (Å²) in [6.45, 7) is 2.98. The number of thiazole rings is 1. The van der Waals surface area contributed by atoms with Gasteiger partial charge in [0.2, 0.25) is 0 Å². The molecule has 0 unspecified atom stereocenters. The van der Waals surface area contributed by atoms with Crippen LogP contribution >= 0.6 is 11.3 Å². The minimum absolute atomic E-state index is 0.0575. The number of carbonyl (C=O) groups excluding carboxylic acids is 1. The van der Waals surface area contributed by atoms with E-state index in [0.29, 0.717) is 24.4 Å². The highest BCUT2D eigenvalue weighted by Crippen LogP contribution is 2.28. The van der Waals surface area contributed by atoms with Crippen molar-refractivity contribution in [3.63, 3.8) is 0 Å². The number of hydrogen-bond donors (Lipinski definition) is 0. The number of likely N-dealkylation sites (N-methyl/N-ethyl adjacent to an activating group) is 1. The number of pyridine rings is 1. The van der Waals surface area contributed by atoms with Crippen molar-refractivity contribution in [3.05, 3.63) is 35.1 Å². The van der Waals surface area contributed by atoms with Gasteiger partial charge in [0.1, 0.15) is 0 Å². The number of aryl methyl sites for hydroxylation is 1. The molecule has 1 amide bonds. The maximum absolute atomic E-state index is 12.5. The largest absolute Gasteiger partial charge is 0.383 e. The Kier molecular flexibility index (Phi) is 4.81. The van der Waals surface area contributed by atoms with Crippen LogP contribution in [0.15, 0.2) is 23.8 Å². The van der Waals surface area contributed by atoms with Crippen molar-refractivity contribution in [2.75, 3.05) is 27.3 Å². The molecule has 106 valence electrons. The second-order valence-corrected chi connectivity index (χ2v) is 5.24. The molecular weight excluding hydrogens is 274 g/mol. The summed E-state index contributed by atoms with van der Waals surface area (Å²) in [4.78, 5) is 23.6. The zero-order valence-electron chi connectivity index (χ0n) is 11.8. The fraction of sp³-hybridized carbons (Fsp3) is 0.357. The van der Waals surface area contributed by atoms with E-state index in [1.807, 2.05) is 6.92 Å². The SMILES string of the molecule is COCCN(C)C(=O)c1cccnc1-c1scnc1C. The zero-order valence-corrected chi connectivity index (χ0v) is 12.6. The van der Waals surface area contributed by atoms with Gasteiger partial charge in [0.15, 0.2) is 0 Å². The zero-order chi connectivity index (χ0) is 14.5. The highest BCUT2D eigenvalue weighted by molar-refractivity contribution is 7.13. The lowest BCUT2D eigenvalue weighted by Crippen LogP contribution is -2.30. The first kappa shape index (κ1) is 14.6. The van der Waals surface area contributed by atoms with Gasteiger partial charge in [-0.3, -0.25) is 9.78 Å². The molecule has 2 rings (SSSR count). The van der Waals surface area contributed by atoms with Crippen molar-refractivity contribution < 1.29 is 9.53 Å². The molecule has 2 aromatic heterocycles. The van der Waals surface area contributed by atoms with E-state index in [-0.39, 0.29) is 5.91 Å². The number of carbonyl (C=O) groups is 1. The summed E-state index contributed by atoms with van der Waals surface area (Å²) < 4.78 is 5.00. The lowest BCUT2D eigenvalue weighted by atomic mass is 10.1. The Morgan fingerprint density at radius 3 is 2.90 bits per heavy atom. The number of aromatic nitrogens is 2. The van der Waals surface area contributed by atoms with Gasteiger partial charge >= 0.3 is 0 Å². The molecule has 0 bridgehead atoms. The van der Waals surface area contributed by atoms with Crippen LogP contribution in [0.1, 0.15) is 16.1 Å². The van der Waals surface area contributed by atoms with Crippen molar-refractivity contribution in [1.29, 1.82) is 0 Å². The van der Waals surface area contributed by atoms with Gasteiger partial charge in [0.05, 0.1) is 33.9 Å². The Balaban J connectivity index is 2.33. The third kappa shape index (κ3) is 3.02. The van der Waals surface area contributed by atoms with Crippen LogP contribution in [0.2, 0.25) is 0 Å². The summed E-state index contributed by atoms with van der Waals surface area (Å²) in [6, 6.07) is 3.57. The van der Waals surface area contributed by atoms with Crippen LogP contribution in [0.4, 0.5) is 0 Å². The van der Waals surface area contributed by atoms with Crippen LogP contribution in [-0.2, 0) is 4.74 Å². The average Bonchev–Trinajstić information content (AvgIpc) is 2.90. The van der Waals surface area contributed by atoms with E-state index in [1.165, 1.54) is 11.3 Å². The molecular formula is C14H17N3O2S. The van der Waals surface area contributed by atoms with E-state index in [1.54, 1.807) is 42.9 Å². The molecule has 0 aliphatic rings. The second kappa shape index (κ2) is 6.58. The monoisotopic (exact) mass is 291 g/mol. The smallest absolute Gasteiger partial charge is 0.255 e. The molecule has 5 nitrogen and oxygen atoms in total. The fourth-order valence-corrected chi connectivity index (χ4v) is 2.64. The van der Waals surface area contributed by atoms with Crippen LogP contribution in [0, 0.1) is 6.92 Å². The van der Waals surface area contributed by atoms with Gasteiger partial charge in [-0.05, 0) is 19.1 Å². The number of nitrogens with zero attached hydrogens (tertiary/aromatic N) is 3. The molecule has 0 aliphatic carbocycles. The van der Waals surface area contributed by atoms with E-state index >= 15 is 0 Å². The van der Waals surface area contributed by atoms with Crippen LogP contribution in [0.5, 0.6) is 0 Å². The van der Waals surface area contributed by atoms with Crippen molar-refractivity contribution in [2.45, 2.75) is 6.92 Å². The number of methoxy groups -OCH3 is 1. The summed E-state index contributed by atoms with van der Waals surface area (Å²) in [5, 5.41) is 0. The van der Waals surface area contributed by atoms with Gasteiger partial charge in [0, 0.05) is 26.9 Å². The average molecular weight is 291 g/mol. The third-order valence-electron chi connectivity index (χ3n) is 2.98. The molecule has 0 fully saturated rings. The van der Waals surface area contributed by atoms with Gasteiger partial charge < -0.3 is 9.64 Å². The van der Waals surface area contributed by atoms with Crippen LogP contribution in [-0.4, -0.2) is 48.1 Å². The molecule has 0 N–H and O–H groups in total. The standard InChI is InChI=1S/C14H17N3O2S/c1-10-13(20-9-16-10)12-11(5-4-6-15-12)14(18)17(2)7-8-19-3/h4-6,9H,7-8H2,1-3H3. The lowest BCUT2D eigenvalue weighted by molar-refractivity contribution is 0.0744. The van der Waals surface area contributed by atoms with Gasteiger partial charge in [-0.25, -0.2) is 4.98 Å². The molecule has 2 aromatic rings. The van der Waals surface area contributed by atoms with E-state index in [2.05, 4.69) is 9.97 Å². The first-order valence-corrected chi connectivity index (χ1v) is 7.13. The van der Waals surface area contributed by atoms with Crippen molar-refractivity contribution in [3.8, 4) is 10.6 Å². The van der Waals surface area contributed by atoms with Crippen molar-refractivity contribution in [1.82, 2.24) is 14.9 Å². The molecule has 20 heavy (non-hydrogen) atoms. The topological polar surface area (TPSA) is 55.3 Å². The van der Waals surface area contributed by atoms with E-state index < -0.39 is 0 Å². The molecule has 6 heteroatoms. The minimum atomic E-state index is -0.0575. The van der Waals surface area contributed by atoms with Crippen LogP contribution < -0.4 is 0 Å². The first-order chi connectivity index (χ1) is 9.65. The summed E-state index contributed by atoms with van der Waals surface area (Å²) in [5.41, 5.74) is 3.95. The summed E-state index contributed by atoms with van der Waals surface area (Å²) in [6.07, 6.45) is 1.69. The molecule has 0 radical (unpaired) electrons. The molecule has 0 aliphatic heterocycles. The number of hydrogen-bond acceptors (Lipinski definition) is 5. The Morgan fingerprint density at radius 1 is 1.45 bits per heavy atom. The molecule has 2 heterocycles. The second-order valence-electron chi connectivity index (χ2n) is 4.39. The van der Waals surface area contributed by atoms with Gasteiger partial charge in [-0.15, -0.1) is 11.3 Å². The highest BCUT2D eigenvalue weighted by atomic mass is 32.1. The predicted molar refractivity (Wildman–Crippen MR) is 78.9 cm³/mol. The maximum Gasteiger partial charge on any atom is 0.255 e. The predicted octanol–water partition coefficient (Wildman–Crippen LogP) is 2.23. The Morgan fingerprint density at radius 2 is 2.25 bits per heavy atom. The summed E-state index contributed by atoms with van der Waals surface area (Å²) in [5.74, 6) is -0.0575. The van der Waals surface area contributed by atoms with Crippen molar-refractivity contribution >= 4 is 17.2 Å². The fourth-order valence-electron chi connectivity index (χ4n) is 1.82. The molecule has 0 spiro atoms. The molecule has 0 atom stereocenters.